The topological polar surface area (TPSA) is 81.6 Å². The second-order valence-corrected chi connectivity index (χ2v) is 7.70. The van der Waals surface area contributed by atoms with Crippen molar-refractivity contribution in [3.05, 3.63) is 42.0 Å². The molecule has 148 valence electrons. The van der Waals surface area contributed by atoms with E-state index in [2.05, 4.69) is 20.4 Å². The summed E-state index contributed by atoms with van der Waals surface area (Å²) in [5.41, 5.74) is 2.41. The number of aliphatic hydroxyl groups is 1. The van der Waals surface area contributed by atoms with Crippen LogP contribution in [0, 0.1) is 0 Å². The Kier molecular flexibility index (Phi) is 5.54. The van der Waals surface area contributed by atoms with Crippen molar-refractivity contribution >= 4 is 11.7 Å². The molecule has 1 aromatic carbocycles. The molecule has 2 N–H and O–H groups in total. The summed E-state index contributed by atoms with van der Waals surface area (Å²) in [4.78, 5) is 17.0. The second kappa shape index (κ2) is 8.24. The molecule has 28 heavy (non-hydrogen) atoms. The van der Waals surface area contributed by atoms with Crippen molar-refractivity contribution < 1.29 is 9.90 Å². The summed E-state index contributed by atoms with van der Waals surface area (Å²) in [6.45, 7) is 2.32. The Balaban J connectivity index is 1.41. The van der Waals surface area contributed by atoms with Crippen molar-refractivity contribution in [2.24, 2.45) is 0 Å². The van der Waals surface area contributed by atoms with Gasteiger partial charge in [0.2, 0.25) is 0 Å². The number of hydrogen-bond acceptors (Lipinski definition) is 6. The molecular formula is C21H27N5O2. The summed E-state index contributed by atoms with van der Waals surface area (Å²) in [6, 6.07) is 12.2. The highest BCUT2D eigenvalue weighted by Crippen LogP contribution is 2.24. The molecule has 1 amide bonds. The Hall–Kier alpha value is -2.51. The largest absolute Gasteiger partial charge is 0.396 e. The highest BCUT2D eigenvalue weighted by Gasteiger charge is 2.27. The Morgan fingerprint density at radius 3 is 2.57 bits per heavy atom. The van der Waals surface area contributed by atoms with E-state index in [0.29, 0.717) is 31.1 Å². The minimum absolute atomic E-state index is 0.0395. The van der Waals surface area contributed by atoms with Gasteiger partial charge in [-0.1, -0.05) is 12.1 Å². The van der Waals surface area contributed by atoms with Gasteiger partial charge in [0, 0.05) is 49.5 Å². The first-order chi connectivity index (χ1) is 13.6. The van der Waals surface area contributed by atoms with Crippen LogP contribution in [0.1, 0.15) is 29.6 Å². The first kappa shape index (κ1) is 18.8. The van der Waals surface area contributed by atoms with Crippen molar-refractivity contribution in [3.63, 3.8) is 0 Å². The van der Waals surface area contributed by atoms with Crippen molar-refractivity contribution in [2.75, 3.05) is 38.6 Å². The van der Waals surface area contributed by atoms with E-state index in [1.165, 1.54) is 12.8 Å². The molecule has 1 saturated heterocycles. The quantitative estimate of drug-likeness (QED) is 0.795. The molecule has 1 atom stereocenters. The normalized spacial score (nSPS) is 20.2. The number of hydrogen-bond donors (Lipinski definition) is 2. The van der Waals surface area contributed by atoms with E-state index < -0.39 is 0 Å². The van der Waals surface area contributed by atoms with E-state index in [-0.39, 0.29) is 18.6 Å². The predicted molar refractivity (Wildman–Crippen MR) is 108 cm³/mol. The first-order valence-corrected chi connectivity index (χ1v) is 9.95. The fourth-order valence-electron chi connectivity index (χ4n) is 3.56. The monoisotopic (exact) mass is 381 g/mol. The lowest BCUT2D eigenvalue weighted by atomic mass is 10.1. The molecule has 1 aliphatic heterocycles. The van der Waals surface area contributed by atoms with E-state index in [4.69, 9.17) is 0 Å². The number of carbonyl (C=O) groups excluding carboxylic acids is 1. The average Bonchev–Trinajstić information content (AvgIpc) is 3.54. The Labute approximate surface area is 165 Å². The number of rotatable bonds is 6. The molecule has 1 aliphatic carbocycles. The van der Waals surface area contributed by atoms with Gasteiger partial charge < -0.3 is 15.3 Å². The van der Waals surface area contributed by atoms with Gasteiger partial charge in [0.1, 0.15) is 5.82 Å². The van der Waals surface area contributed by atoms with E-state index in [9.17, 15) is 9.90 Å². The molecule has 1 unspecified atom stereocenters. The molecule has 0 radical (unpaired) electrons. The summed E-state index contributed by atoms with van der Waals surface area (Å²) < 4.78 is 0. The lowest BCUT2D eigenvalue weighted by Crippen LogP contribution is -2.53. The van der Waals surface area contributed by atoms with Gasteiger partial charge in [0.25, 0.3) is 5.91 Å². The maximum atomic E-state index is 12.9. The standard InChI is InChI=1S/C21H27N5O2/c1-25-11-12-26(14-18(25)10-13-27)21(28)16-4-2-15(3-5-16)19-8-9-20(24-23-19)22-17-6-7-17/h2-5,8-9,17-18,27H,6-7,10-14H2,1H3,(H,22,24). The summed E-state index contributed by atoms with van der Waals surface area (Å²) in [5, 5.41) is 21.1. The molecule has 0 spiro atoms. The van der Waals surface area contributed by atoms with Gasteiger partial charge in [0.15, 0.2) is 0 Å². The molecule has 7 heteroatoms. The van der Waals surface area contributed by atoms with E-state index in [0.717, 1.165) is 23.6 Å². The Morgan fingerprint density at radius 1 is 1.14 bits per heavy atom. The Bertz CT molecular complexity index is 805. The lowest BCUT2D eigenvalue weighted by molar-refractivity contribution is 0.0500. The number of amides is 1. The number of carbonyl (C=O) groups is 1. The van der Waals surface area contributed by atoms with Crippen molar-refractivity contribution in [2.45, 2.75) is 31.3 Å². The van der Waals surface area contributed by atoms with E-state index in [1.54, 1.807) is 0 Å². The van der Waals surface area contributed by atoms with Crippen LogP contribution >= 0.6 is 0 Å². The third-order valence-corrected chi connectivity index (χ3v) is 5.55. The van der Waals surface area contributed by atoms with Crippen LogP contribution in [-0.4, -0.2) is 76.4 Å². The number of nitrogens with zero attached hydrogens (tertiary/aromatic N) is 4. The number of aromatic nitrogens is 2. The van der Waals surface area contributed by atoms with Gasteiger partial charge in [-0.05, 0) is 50.6 Å². The summed E-state index contributed by atoms with van der Waals surface area (Å²) in [5.74, 6) is 0.850. The highest BCUT2D eigenvalue weighted by molar-refractivity contribution is 5.94. The predicted octanol–water partition coefficient (Wildman–Crippen LogP) is 1.86. The molecular weight excluding hydrogens is 354 g/mol. The molecule has 7 nitrogen and oxygen atoms in total. The number of likely N-dealkylation sites (N-methyl/N-ethyl adjacent to an activating group) is 1. The SMILES string of the molecule is CN1CCN(C(=O)c2ccc(-c3ccc(NC4CC4)nn3)cc2)CC1CCO. The van der Waals surface area contributed by atoms with Gasteiger partial charge in [-0.25, -0.2) is 0 Å². The molecule has 1 aromatic heterocycles. The van der Waals surface area contributed by atoms with Gasteiger partial charge in [0.05, 0.1) is 5.69 Å². The number of nitrogens with one attached hydrogen (secondary N) is 1. The maximum absolute atomic E-state index is 12.9. The lowest BCUT2D eigenvalue weighted by Gasteiger charge is -2.39. The molecule has 2 fully saturated rings. The fourth-order valence-corrected chi connectivity index (χ4v) is 3.56. The second-order valence-electron chi connectivity index (χ2n) is 7.70. The number of aliphatic hydroxyl groups excluding tert-OH is 1. The maximum Gasteiger partial charge on any atom is 0.253 e. The molecule has 0 bridgehead atoms. The fraction of sp³-hybridized carbons (Fsp3) is 0.476. The highest BCUT2D eigenvalue weighted by atomic mass is 16.3. The van der Waals surface area contributed by atoms with Crippen LogP contribution in [-0.2, 0) is 0 Å². The number of benzene rings is 1. The van der Waals surface area contributed by atoms with Gasteiger partial charge in [-0.2, -0.15) is 0 Å². The number of anilines is 1. The minimum atomic E-state index is 0.0395. The van der Waals surface area contributed by atoms with Crippen LogP contribution in [0.4, 0.5) is 5.82 Å². The van der Waals surface area contributed by atoms with Crippen LogP contribution < -0.4 is 5.32 Å². The zero-order chi connectivity index (χ0) is 19.5. The van der Waals surface area contributed by atoms with Crippen molar-refractivity contribution in [1.82, 2.24) is 20.0 Å². The zero-order valence-electron chi connectivity index (χ0n) is 16.2. The molecule has 2 heterocycles. The number of piperazine rings is 1. The van der Waals surface area contributed by atoms with Crippen LogP contribution in [0.2, 0.25) is 0 Å². The van der Waals surface area contributed by atoms with Crippen LogP contribution in [0.5, 0.6) is 0 Å². The van der Waals surface area contributed by atoms with Crippen LogP contribution in [0.15, 0.2) is 36.4 Å². The van der Waals surface area contributed by atoms with Crippen molar-refractivity contribution in [1.29, 1.82) is 0 Å². The third-order valence-electron chi connectivity index (χ3n) is 5.55. The molecule has 1 saturated carbocycles. The zero-order valence-corrected chi connectivity index (χ0v) is 16.2. The van der Waals surface area contributed by atoms with Gasteiger partial charge in [-0.3, -0.25) is 9.69 Å². The Morgan fingerprint density at radius 2 is 1.93 bits per heavy atom. The van der Waals surface area contributed by atoms with Crippen LogP contribution in [0.25, 0.3) is 11.3 Å². The minimum Gasteiger partial charge on any atom is -0.396 e. The van der Waals surface area contributed by atoms with Crippen LogP contribution in [0.3, 0.4) is 0 Å². The van der Waals surface area contributed by atoms with E-state index in [1.807, 2.05) is 48.3 Å². The van der Waals surface area contributed by atoms with Gasteiger partial charge in [-0.15, -0.1) is 10.2 Å². The smallest absolute Gasteiger partial charge is 0.253 e. The van der Waals surface area contributed by atoms with Crippen molar-refractivity contribution in [3.8, 4) is 11.3 Å². The first-order valence-electron chi connectivity index (χ1n) is 9.95. The average molecular weight is 381 g/mol. The molecule has 4 rings (SSSR count). The summed E-state index contributed by atoms with van der Waals surface area (Å²) in [7, 11) is 2.05. The molecule has 2 aliphatic rings. The third kappa shape index (κ3) is 4.31. The summed E-state index contributed by atoms with van der Waals surface area (Å²) >= 11 is 0. The molecule has 2 aromatic rings. The summed E-state index contributed by atoms with van der Waals surface area (Å²) in [6.07, 6.45) is 3.09. The van der Waals surface area contributed by atoms with Gasteiger partial charge >= 0.3 is 0 Å². The van der Waals surface area contributed by atoms with E-state index >= 15 is 0 Å².